The van der Waals surface area contributed by atoms with Gasteiger partial charge in [-0.2, -0.15) is 5.26 Å². The van der Waals surface area contributed by atoms with Gasteiger partial charge in [0.1, 0.15) is 5.82 Å². The molecule has 124 valence electrons. The van der Waals surface area contributed by atoms with Crippen molar-refractivity contribution in [3.63, 3.8) is 0 Å². The van der Waals surface area contributed by atoms with E-state index in [4.69, 9.17) is 15.2 Å². The highest BCUT2D eigenvalue weighted by atomic mass is 19.1. The fraction of sp³-hybridized carbons (Fsp3) is 0.176. The molecule has 0 aromatic heterocycles. The van der Waals surface area contributed by atoms with E-state index in [9.17, 15) is 9.18 Å². The lowest BCUT2D eigenvalue weighted by atomic mass is 10.1. The third kappa shape index (κ3) is 4.29. The number of carbonyl (C=O) groups is 1. The number of benzene rings is 2. The molecule has 2 aromatic rings. The van der Waals surface area contributed by atoms with E-state index in [0.29, 0.717) is 5.56 Å². The molecule has 0 spiro atoms. The number of hydrogen-bond donors (Lipinski definition) is 3. The summed E-state index contributed by atoms with van der Waals surface area (Å²) in [6, 6.07) is 11.0. The monoisotopic (exact) mass is 329 g/mol. The predicted molar refractivity (Wildman–Crippen MR) is 86.1 cm³/mol. The minimum atomic E-state index is -0.581. The molecule has 2 rings (SSSR count). The van der Waals surface area contributed by atoms with Crippen molar-refractivity contribution in [3.8, 4) is 6.07 Å². The second kappa shape index (κ2) is 8.06. The first-order valence-electron chi connectivity index (χ1n) is 7.15. The van der Waals surface area contributed by atoms with Crippen LogP contribution in [-0.2, 0) is 4.84 Å². The van der Waals surface area contributed by atoms with Gasteiger partial charge in [0.15, 0.2) is 0 Å². The number of hydroxylamine groups is 1. The number of hydrogen-bond acceptors (Lipinski definition) is 5. The number of nitrogens with zero attached hydrogens (tertiary/aromatic N) is 1. The van der Waals surface area contributed by atoms with E-state index in [0.717, 1.165) is 5.56 Å². The maximum Gasteiger partial charge on any atom is 0.276 e. The Morgan fingerprint density at radius 2 is 2.08 bits per heavy atom. The summed E-state index contributed by atoms with van der Waals surface area (Å²) in [4.78, 5) is 16.9. The first kappa shape index (κ1) is 17.4. The highest BCUT2D eigenvalue weighted by Crippen LogP contribution is 2.25. The van der Waals surface area contributed by atoms with E-state index >= 15 is 0 Å². The van der Waals surface area contributed by atoms with Crippen LogP contribution >= 0.6 is 0 Å². The van der Waals surface area contributed by atoms with Gasteiger partial charge in [0.2, 0.25) is 0 Å². The number of carbonyl (C=O) groups excluding carboxylic acids is 1. The topological polar surface area (TPSA) is 94.4 Å². The lowest BCUT2D eigenvalue weighted by molar-refractivity contribution is 0.0169. The summed E-state index contributed by atoms with van der Waals surface area (Å²) in [6.07, 6.45) is 0. The zero-order valence-electron chi connectivity index (χ0n) is 13.0. The lowest BCUT2D eigenvalue weighted by Crippen LogP contribution is -2.26. The molecule has 0 aliphatic carbocycles. The Morgan fingerprint density at radius 1 is 1.29 bits per heavy atom. The Labute approximate surface area is 138 Å². The third-order valence-electron chi connectivity index (χ3n) is 3.15. The van der Waals surface area contributed by atoms with E-state index in [1.807, 2.05) is 6.07 Å². The molecule has 24 heavy (non-hydrogen) atoms. The van der Waals surface area contributed by atoms with Crippen LogP contribution in [0.3, 0.4) is 0 Å². The molecular weight excluding hydrogens is 313 g/mol. The first-order chi connectivity index (χ1) is 11.5. The van der Waals surface area contributed by atoms with Crippen molar-refractivity contribution < 1.29 is 19.1 Å². The second-order valence-corrected chi connectivity index (χ2v) is 4.98. The van der Waals surface area contributed by atoms with E-state index in [2.05, 4.69) is 10.8 Å². The van der Waals surface area contributed by atoms with Crippen molar-refractivity contribution in [2.45, 2.75) is 6.92 Å². The molecule has 3 N–H and O–H groups in total. The van der Waals surface area contributed by atoms with Crippen LogP contribution < -0.4 is 10.8 Å². The average Bonchev–Trinajstić information content (AvgIpc) is 2.57. The maximum absolute atomic E-state index is 14.0. The standard InChI is InChI=1S/C17H16FN3O3/c1-11-2-5-15(14(18)8-11)20-16-9-12(10-19)3-4-13(16)17(23)21-24-7-6-22/h2-5,8-9,20,22H,6-7H2,1H3,(H,21,23). The normalized spacial score (nSPS) is 10.1. The summed E-state index contributed by atoms with van der Waals surface area (Å²) in [7, 11) is 0. The summed E-state index contributed by atoms with van der Waals surface area (Å²) in [5.41, 5.74) is 3.87. The van der Waals surface area contributed by atoms with Gasteiger partial charge in [-0.05, 0) is 42.8 Å². The Kier molecular flexibility index (Phi) is 5.84. The largest absolute Gasteiger partial charge is 0.394 e. The number of aryl methyl sites for hydroxylation is 1. The number of halogens is 1. The molecule has 0 aliphatic heterocycles. The van der Waals surface area contributed by atoms with Crippen LogP contribution in [0.25, 0.3) is 0 Å². The number of nitrogens with one attached hydrogen (secondary N) is 2. The Bertz CT molecular complexity index is 787. The molecule has 0 saturated carbocycles. The molecule has 0 bridgehead atoms. The van der Waals surface area contributed by atoms with E-state index in [-0.39, 0.29) is 30.2 Å². The average molecular weight is 329 g/mol. The minimum absolute atomic E-state index is 0.0582. The van der Waals surface area contributed by atoms with Gasteiger partial charge in [-0.25, -0.2) is 9.87 Å². The highest BCUT2D eigenvalue weighted by molar-refractivity contribution is 6.00. The van der Waals surface area contributed by atoms with Crippen LogP contribution in [0.5, 0.6) is 0 Å². The second-order valence-electron chi connectivity index (χ2n) is 4.98. The number of aliphatic hydroxyl groups is 1. The smallest absolute Gasteiger partial charge is 0.276 e. The van der Waals surface area contributed by atoms with Crippen molar-refractivity contribution in [3.05, 3.63) is 58.9 Å². The molecular formula is C17H16FN3O3. The van der Waals surface area contributed by atoms with Crippen LogP contribution in [0.15, 0.2) is 36.4 Å². The Morgan fingerprint density at radius 3 is 2.75 bits per heavy atom. The van der Waals surface area contributed by atoms with Crippen molar-refractivity contribution in [2.75, 3.05) is 18.5 Å². The van der Waals surface area contributed by atoms with Gasteiger partial charge < -0.3 is 10.4 Å². The van der Waals surface area contributed by atoms with Gasteiger partial charge in [0.05, 0.1) is 41.8 Å². The lowest BCUT2D eigenvalue weighted by Gasteiger charge is -2.13. The van der Waals surface area contributed by atoms with Gasteiger partial charge >= 0.3 is 0 Å². The first-order valence-corrected chi connectivity index (χ1v) is 7.15. The van der Waals surface area contributed by atoms with Crippen molar-refractivity contribution in [1.82, 2.24) is 5.48 Å². The van der Waals surface area contributed by atoms with Crippen molar-refractivity contribution in [1.29, 1.82) is 5.26 Å². The van der Waals surface area contributed by atoms with Gasteiger partial charge in [-0.1, -0.05) is 6.07 Å². The molecule has 0 heterocycles. The number of rotatable bonds is 6. The molecule has 1 amide bonds. The number of amides is 1. The fourth-order valence-electron chi connectivity index (χ4n) is 2.00. The van der Waals surface area contributed by atoms with E-state index in [1.54, 1.807) is 19.1 Å². The van der Waals surface area contributed by atoms with Crippen molar-refractivity contribution in [2.24, 2.45) is 0 Å². The van der Waals surface area contributed by atoms with Gasteiger partial charge in [-0.15, -0.1) is 0 Å². The zero-order chi connectivity index (χ0) is 17.5. The molecule has 0 atom stereocenters. The molecule has 0 radical (unpaired) electrons. The quantitative estimate of drug-likeness (QED) is 0.559. The predicted octanol–water partition coefficient (Wildman–Crippen LogP) is 2.40. The third-order valence-corrected chi connectivity index (χ3v) is 3.15. The molecule has 0 aliphatic rings. The molecule has 0 fully saturated rings. The molecule has 6 nitrogen and oxygen atoms in total. The van der Waals surface area contributed by atoms with Gasteiger partial charge in [-0.3, -0.25) is 9.63 Å². The number of anilines is 2. The summed E-state index contributed by atoms with van der Waals surface area (Å²) in [5, 5.41) is 20.5. The van der Waals surface area contributed by atoms with E-state index in [1.165, 1.54) is 24.3 Å². The van der Waals surface area contributed by atoms with E-state index < -0.39 is 11.7 Å². The Hall–Kier alpha value is -2.95. The molecule has 2 aromatic carbocycles. The summed E-state index contributed by atoms with van der Waals surface area (Å²) in [5.74, 6) is -1.05. The van der Waals surface area contributed by atoms with Gasteiger partial charge in [0.25, 0.3) is 5.91 Å². The molecule has 7 heteroatoms. The van der Waals surface area contributed by atoms with Crippen LogP contribution in [0.1, 0.15) is 21.5 Å². The van der Waals surface area contributed by atoms with Crippen molar-refractivity contribution >= 4 is 17.3 Å². The molecule has 0 unspecified atom stereocenters. The minimum Gasteiger partial charge on any atom is -0.394 e. The maximum atomic E-state index is 14.0. The summed E-state index contributed by atoms with van der Waals surface area (Å²) in [6.45, 7) is 1.46. The van der Waals surface area contributed by atoms with Crippen LogP contribution in [-0.4, -0.2) is 24.2 Å². The highest BCUT2D eigenvalue weighted by Gasteiger charge is 2.14. The number of aliphatic hydroxyl groups excluding tert-OH is 1. The molecule has 0 saturated heterocycles. The van der Waals surface area contributed by atoms with Crippen LogP contribution in [0, 0.1) is 24.1 Å². The van der Waals surface area contributed by atoms with Crippen LogP contribution in [0.2, 0.25) is 0 Å². The summed E-state index contributed by atoms with van der Waals surface area (Å²) < 4.78 is 14.0. The summed E-state index contributed by atoms with van der Waals surface area (Å²) >= 11 is 0. The fourth-order valence-corrected chi connectivity index (χ4v) is 2.00. The SMILES string of the molecule is Cc1ccc(Nc2cc(C#N)ccc2C(=O)NOCCO)c(F)c1. The van der Waals surface area contributed by atoms with Gasteiger partial charge in [0, 0.05) is 0 Å². The number of nitriles is 1. The zero-order valence-corrected chi connectivity index (χ0v) is 13.0. The van der Waals surface area contributed by atoms with Crippen LogP contribution in [0.4, 0.5) is 15.8 Å². The Balaban J connectivity index is 2.32.